The number of para-hydroxylation sites is 1. The van der Waals surface area contributed by atoms with Gasteiger partial charge >= 0.3 is 12.0 Å². The number of benzene rings is 1. The summed E-state index contributed by atoms with van der Waals surface area (Å²) in [5.41, 5.74) is 1.24. The molecule has 3 rings (SSSR count). The van der Waals surface area contributed by atoms with E-state index in [-0.39, 0.29) is 11.9 Å². The van der Waals surface area contributed by atoms with Gasteiger partial charge in [0.1, 0.15) is 17.1 Å². The van der Waals surface area contributed by atoms with Crippen LogP contribution >= 0.6 is 0 Å². The van der Waals surface area contributed by atoms with Gasteiger partial charge in [0.05, 0.1) is 0 Å². The zero-order valence-electron chi connectivity index (χ0n) is 15.9. The standard InChI is InChI=1S/C19H27N5O3/c1-14(2)13-16(20-19(26)23-11-7-3-4-8-12-23)18(25)27-24-17-10-6-5-9-15(17)21-22-24/h5-6,9-10,14,16H,3-4,7-8,11-13H2,1-2H3,(H,20,26). The first-order chi connectivity index (χ1) is 13.0. The number of likely N-dealkylation sites (tertiary alicyclic amines) is 1. The second-order valence-corrected chi connectivity index (χ2v) is 7.39. The van der Waals surface area contributed by atoms with Gasteiger partial charge in [-0.2, -0.15) is 0 Å². The van der Waals surface area contributed by atoms with Crippen LogP contribution in [0.2, 0.25) is 0 Å². The number of rotatable bonds is 5. The molecule has 1 aromatic carbocycles. The van der Waals surface area contributed by atoms with Gasteiger partial charge in [0.25, 0.3) is 0 Å². The minimum Gasteiger partial charge on any atom is -0.325 e. The van der Waals surface area contributed by atoms with E-state index in [0.29, 0.717) is 17.5 Å². The summed E-state index contributed by atoms with van der Waals surface area (Å²) in [6, 6.07) is 6.29. The number of urea groups is 1. The zero-order valence-corrected chi connectivity index (χ0v) is 15.9. The number of carbonyl (C=O) groups is 2. The molecule has 1 aliphatic heterocycles. The molecular weight excluding hydrogens is 346 g/mol. The van der Waals surface area contributed by atoms with E-state index in [1.165, 1.54) is 0 Å². The number of hydrogen-bond acceptors (Lipinski definition) is 5. The lowest BCUT2D eigenvalue weighted by Gasteiger charge is -2.25. The van der Waals surface area contributed by atoms with Crippen LogP contribution in [0.3, 0.4) is 0 Å². The number of carbonyl (C=O) groups excluding carboxylic acids is 2. The fourth-order valence-corrected chi connectivity index (χ4v) is 3.26. The average Bonchev–Trinajstić information content (AvgIpc) is 2.86. The highest BCUT2D eigenvalue weighted by atomic mass is 16.7. The normalized spacial score (nSPS) is 16.2. The molecule has 1 atom stereocenters. The summed E-state index contributed by atoms with van der Waals surface area (Å²) in [5, 5.41) is 10.7. The first kappa shape index (κ1) is 19.1. The predicted molar refractivity (Wildman–Crippen MR) is 101 cm³/mol. The second kappa shape index (κ2) is 8.83. The number of nitrogens with one attached hydrogen (secondary N) is 1. The Kier molecular flexibility index (Phi) is 6.26. The Morgan fingerprint density at radius 3 is 2.56 bits per heavy atom. The van der Waals surface area contributed by atoms with Crippen LogP contribution in [0.1, 0.15) is 46.0 Å². The summed E-state index contributed by atoms with van der Waals surface area (Å²) in [6.07, 6.45) is 4.77. The van der Waals surface area contributed by atoms with E-state index in [0.717, 1.165) is 43.6 Å². The molecule has 2 aromatic rings. The molecule has 146 valence electrons. The molecular formula is C19H27N5O3. The van der Waals surface area contributed by atoms with Crippen molar-refractivity contribution < 1.29 is 14.4 Å². The molecule has 27 heavy (non-hydrogen) atoms. The fourth-order valence-electron chi connectivity index (χ4n) is 3.26. The summed E-state index contributed by atoms with van der Waals surface area (Å²) in [6.45, 7) is 5.46. The first-order valence-corrected chi connectivity index (χ1v) is 9.62. The Bertz CT molecular complexity index is 780. The second-order valence-electron chi connectivity index (χ2n) is 7.39. The molecule has 2 heterocycles. The highest BCUT2D eigenvalue weighted by Gasteiger charge is 2.27. The van der Waals surface area contributed by atoms with Crippen molar-refractivity contribution in [2.24, 2.45) is 5.92 Å². The lowest BCUT2D eigenvalue weighted by molar-refractivity contribution is -0.148. The van der Waals surface area contributed by atoms with Gasteiger partial charge in [-0.1, -0.05) is 43.7 Å². The Hall–Kier alpha value is -2.64. The van der Waals surface area contributed by atoms with Crippen LogP contribution in [0.5, 0.6) is 0 Å². The quantitative estimate of drug-likeness (QED) is 0.813. The predicted octanol–water partition coefficient (Wildman–Crippen LogP) is 2.39. The third kappa shape index (κ3) is 4.96. The molecule has 0 radical (unpaired) electrons. The molecule has 2 amide bonds. The van der Waals surface area contributed by atoms with Crippen molar-refractivity contribution in [1.29, 1.82) is 0 Å². The molecule has 1 fully saturated rings. The van der Waals surface area contributed by atoms with Crippen LogP contribution in [0.15, 0.2) is 24.3 Å². The largest absolute Gasteiger partial charge is 0.357 e. The van der Waals surface area contributed by atoms with Gasteiger partial charge < -0.3 is 15.1 Å². The van der Waals surface area contributed by atoms with Crippen LogP contribution in [-0.4, -0.2) is 51.2 Å². The van der Waals surface area contributed by atoms with Gasteiger partial charge in [-0.25, -0.2) is 9.59 Å². The van der Waals surface area contributed by atoms with Crippen molar-refractivity contribution in [3.05, 3.63) is 24.3 Å². The van der Waals surface area contributed by atoms with Crippen LogP contribution in [0.4, 0.5) is 4.79 Å². The van der Waals surface area contributed by atoms with E-state index in [9.17, 15) is 9.59 Å². The fraction of sp³-hybridized carbons (Fsp3) is 0.579. The zero-order chi connectivity index (χ0) is 19.2. The lowest BCUT2D eigenvalue weighted by atomic mass is 10.0. The van der Waals surface area contributed by atoms with Crippen molar-refractivity contribution in [1.82, 2.24) is 25.4 Å². The summed E-state index contributed by atoms with van der Waals surface area (Å²) in [5.74, 6) is -0.318. The van der Waals surface area contributed by atoms with E-state index in [1.54, 1.807) is 17.0 Å². The van der Waals surface area contributed by atoms with E-state index in [1.807, 2.05) is 26.0 Å². The number of amides is 2. The highest BCUT2D eigenvalue weighted by molar-refractivity contribution is 5.84. The van der Waals surface area contributed by atoms with Gasteiger partial charge in [-0.15, -0.1) is 5.10 Å². The molecule has 1 saturated heterocycles. The molecule has 1 unspecified atom stereocenters. The molecule has 0 spiro atoms. The third-order valence-corrected chi connectivity index (χ3v) is 4.68. The minimum absolute atomic E-state index is 0.206. The topological polar surface area (TPSA) is 89.4 Å². The van der Waals surface area contributed by atoms with Gasteiger partial charge in [0.15, 0.2) is 0 Å². The van der Waals surface area contributed by atoms with Crippen molar-refractivity contribution in [2.45, 2.75) is 52.0 Å². The highest BCUT2D eigenvalue weighted by Crippen LogP contribution is 2.12. The van der Waals surface area contributed by atoms with Crippen LogP contribution in [0, 0.1) is 5.92 Å². The molecule has 8 nitrogen and oxygen atoms in total. The van der Waals surface area contributed by atoms with Gasteiger partial charge in [0.2, 0.25) is 0 Å². The molecule has 1 N–H and O–H groups in total. The SMILES string of the molecule is CC(C)CC(NC(=O)N1CCCCCC1)C(=O)On1nnc2ccccc21. The Morgan fingerprint density at radius 1 is 1.15 bits per heavy atom. The number of hydrogen-bond donors (Lipinski definition) is 1. The van der Waals surface area contributed by atoms with Crippen molar-refractivity contribution in [3.8, 4) is 0 Å². The van der Waals surface area contributed by atoms with Crippen LogP contribution in [0.25, 0.3) is 11.0 Å². The van der Waals surface area contributed by atoms with Gasteiger partial charge in [-0.05, 0) is 42.5 Å². The minimum atomic E-state index is -0.733. The smallest absolute Gasteiger partial charge is 0.325 e. The third-order valence-electron chi connectivity index (χ3n) is 4.68. The Morgan fingerprint density at radius 2 is 1.85 bits per heavy atom. The van der Waals surface area contributed by atoms with Gasteiger partial charge in [-0.3, -0.25) is 0 Å². The monoisotopic (exact) mass is 373 g/mol. The van der Waals surface area contributed by atoms with E-state index in [4.69, 9.17) is 4.84 Å². The molecule has 0 saturated carbocycles. The number of aromatic nitrogens is 3. The van der Waals surface area contributed by atoms with Crippen molar-refractivity contribution >= 4 is 23.0 Å². The van der Waals surface area contributed by atoms with E-state index >= 15 is 0 Å². The maximum absolute atomic E-state index is 12.7. The lowest BCUT2D eigenvalue weighted by Crippen LogP contribution is -2.50. The Balaban J connectivity index is 1.69. The maximum Gasteiger partial charge on any atom is 0.357 e. The van der Waals surface area contributed by atoms with Crippen molar-refractivity contribution in [2.75, 3.05) is 13.1 Å². The first-order valence-electron chi connectivity index (χ1n) is 9.62. The van der Waals surface area contributed by atoms with Crippen LogP contribution in [-0.2, 0) is 4.79 Å². The van der Waals surface area contributed by atoms with E-state index < -0.39 is 12.0 Å². The van der Waals surface area contributed by atoms with Gasteiger partial charge in [0, 0.05) is 13.1 Å². The summed E-state index contributed by atoms with van der Waals surface area (Å²) in [7, 11) is 0. The molecule has 0 aliphatic carbocycles. The molecule has 1 aliphatic rings. The molecule has 1 aromatic heterocycles. The summed E-state index contributed by atoms with van der Waals surface area (Å²) < 4.78 is 0. The number of fused-ring (bicyclic) bond motifs is 1. The van der Waals surface area contributed by atoms with Crippen molar-refractivity contribution in [3.63, 3.8) is 0 Å². The summed E-state index contributed by atoms with van der Waals surface area (Å²) in [4.78, 5) is 33.7. The summed E-state index contributed by atoms with van der Waals surface area (Å²) >= 11 is 0. The maximum atomic E-state index is 12.7. The molecule has 8 heteroatoms. The van der Waals surface area contributed by atoms with E-state index in [2.05, 4.69) is 15.6 Å². The average molecular weight is 373 g/mol. The van der Waals surface area contributed by atoms with Crippen LogP contribution < -0.4 is 10.2 Å². The Labute approximate surface area is 158 Å². The number of nitrogens with zero attached hydrogens (tertiary/aromatic N) is 4. The molecule has 0 bridgehead atoms.